The second-order valence-electron chi connectivity index (χ2n) is 15.7. The zero-order valence-electron chi connectivity index (χ0n) is 31.2. The summed E-state index contributed by atoms with van der Waals surface area (Å²) < 4.78 is 19.5. The number of amides is 2. The van der Waals surface area contributed by atoms with Gasteiger partial charge in [-0.05, 0) is 64.2 Å². The average Bonchev–Trinajstić information content (AvgIpc) is 3.16. The van der Waals surface area contributed by atoms with Gasteiger partial charge in [-0.2, -0.15) is 0 Å². The van der Waals surface area contributed by atoms with E-state index in [2.05, 4.69) is 16.7 Å². The molecule has 0 aromatic heterocycles. The third kappa shape index (κ3) is 8.73. The topological polar surface area (TPSA) is 68.3 Å². The van der Waals surface area contributed by atoms with E-state index in [0.717, 1.165) is 119 Å². The summed E-state index contributed by atoms with van der Waals surface area (Å²) in [5.74, 6) is 1.57. The highest BCUT2D eigenvalue weighted by atomic mass is 16.6. The Morgan fingerprint density at radius 2 is 0.960 bits per heavy atom. The van der Waals surface area contributed by atoms with Crippen molar-refractivity contribution in [2.75, 3.05) is 7.11 Å². The molecule has 0 radical (unpaired) electrons. The summed E-state index contributed by atoms with van der Waals surface area (Å²) in [6.07, 6.45) is 27.1. The first kappa shape index (κ1) is 36.8. The van der Waals surface area contributed by atoms with Crippen LogP contribution in [0.5, 0.6) is 17.2 Å². The molecule has 2 aromatic rings. The van der Waals surface area contributed by atoms with E-state index in [1.807, 2.05) is 24.3 Å². The molecule has 6 rings (SSSR count). The van der Waals surface area contributed by atoms with Crippen LogP contribution in [0, 0.1) is 0 Å². The van der Waals surface area contributed by atoms with E-state index in [-0.39, 0.29) is 36.4 Å². The monoisotopic (exact) mass is 688 g/mol. The van der Waals surface area contributed by atoms with Crippen molar-refractivity contribution in [2.45, 2.75) is 192 Å². The molecule has 0 saturated heterocycles. The number of rotatable bonds is 12. The number of ether oxygens (including phenoxy) is 3. The van der Waals surface area contributed by atoms with Gasteiger partial charge in [-0.1, -0.05) is 128 Å². The van der Waals surface area contributed by atoms with Crippen LogP contribution in [-0.4, -0.2) is 53.3 Å². The van der Waals surface area contributed by atoms with Gasteiger partial charge in [-0.15, -0.1) is 0 Å². The molecule has 50 heavy (non-hydrogen) atoms. The molecular formula is C43H64N2O5. The summed E-state index contributed by atoms with van der Waals surface area (Å²) in [6.45, 7) is 2.22. The molecule has 7 heteroatoms. The Morgan fingerprint density at radius 3 is 1.36 bits per heavy atom. The fourth-order valence-electron chi connectivity index (χ4n) is 9.70. The van der Waals surface area contributed by atoms with Crippen LogP contribution in [-0.2, 0) is 6.42 Å². The Labute approximate surface area is 301 Å². The van der Waals surface area contributed by atoms with Crippen LogP contribution in [0.3, 0.4) is 0 Å². The van der Waals surface area contributed by atoms with Crippen molar-refractivity contribution in [2.24, 2.45) is 0 Å². The van der Waals surface area contributed by atoms with Gasteiger partial charge in [0.1, 0.15) is 5.75 Å². The van der Waals surface area contributed by atoms with Gasteiger partial charge >= 0.3 is 12.2 Å². The quantitative estimate of drug-likeness (QED) is 0.208. The lowest BCUT2D eigenvalue weighted by Crippen LogP contribution is -2.50. The van der Waals surface area contributed by atoms with E-state index in [9.17, 15) is 9.59 Å². The zero-order valence-corrected chi connectivity index (χ0v) is 31.2. The standard InChI is InChI=1S/C43H64N2O5/c1-3-4-5-18-31-38-39(49-42(46)44(32-21-10-6-11-22-32)33-23-12-7-13-24-33)36-29-19-20-30-37(36)41(40(38)48-2)50-43(47)45(34-25-14-8-15-26-34)35-27-16-9-17-28-35/h19-20,29-30,32-35H,3-18,21-28,31H2,1-2H3. The van der Waals surface area contributed by atoms with E-state index in [1.54, 1.807) is 7.11 Å². The van der Waals surface area contributed by atoms with Gasteiger partial charge < -0.3 is 24.0 Å². The lowest BCUT2D eigenvalue weighted by atomic mass is 9.89. The minimum absolute atomic E-state index is 0.218. The predicted octanol–water partition coefficient (Wildman–Crippen LogP) is 11.9. The molecule has 0 atom stereocenters. The number of unbranched alkanes of at least 4 members (excludes halogenated alkanes) is 3. The molecule has 276 valence electrons. The molecule has 0 bridgehead atoms. The fourth-order valence-corrected chi connectivity index (χ4v) is 9.70. The molecule has 2 amide bonds. The SMILES string of the molecule is CCCCCCc1c(OC)c(OC(=O)N(C2CCCCC2)C2CCCCC2)c2ccccc2c1OC(=O)N(C1CCCCC1)C1CCCCC1. The number of fused-ring (bicyclic) bond motifs is 1. The molecule has 0 spiro atoms. The Balaban J connectivity index is 1.39. The van der Waals surface area contributed by atoms with Crippen molar-refractivity contribution in [1.82, 2.24) is 9.80 Å². The number of carbonyl (C=O) groups excluding carboxylic acids is 2. The Hall–Kier alpha value is -2.96. The Bertz CT molecular complexity index is 1350. The summed E-state index contributed by atoms with van der Waals surface area (Å²) in [7, 11) is 1.67. The summed E-state index contributed by atoms with van der Waals surface area (Å²) in [5.41, 5.74) is 0.840. The Kier molecular flexibility index (Phi) is 13.6. The van der Waals surface area contributed by atoms with Crippen LogP contribution in [0.25, 0.3) is 10.8 Å². The van der Waals surface area contributed by atoms with Crippen LogP contribution in [0.4, 0.5) is 9.59 Å². The zero-order chi connectivity index (χ0) is 34.7. The second kappa shape index (κ2) is 18.5. The molecule has 0 heterocycles. The first-order valence-corrected chi connectivity index (χ1v) is 20.7. The minimum Gasteiger partial charge on any atom is -0.492 e. The van der Waals surface area contributed by atoms with Crippen LogP contribution in [0.1, 0.15) is 167 Å². The maximum Gasteiger partial charge on any atom is 0.415 e. The molecule has 0 N–H and O–H groups in total. The van der Waals surface area contributed by atoms with Crippen molar-refractivity contribution in [3.05, 3.63) is 29.8 Å². The fraction of sp³-hybridized carbons (Fsp3) is 0.721. The molecule has 4 aliphatic rings. The van der Waals surface area contributed by atoms with Crippen LogP contribution >= 0.6 is 0 Å². The van der Waals surface area contributed by atoms with Gasteiger partial charge in [0.25, 0.3) is 0 Å². The maximum atomic E-state index is 14.6. The lowest BCUT2D eigenvalue weighted by Gasteiger charge is -2.41. The summed E-state index contributed by atoms with van der Waals surface area (Å²) in [5, 5.41) is 1.57. The predicted molar refractivity (Wildman–Crippen MR) is 202 cm³/mol. The molecule has 2 aromatic carbocycles. The molecule has 7 nitrogen and oxygen atoms in total. The van der Waals surface area contributed by atoms with E-state index < -0.39 is 0 Å². The lowest BCUT2D eigenvalue weighted by molar-refractivity contribution is 0.0739. The highest BCUT2D eigenvalue weighted by Gasteiger charge is 2.37. The van der Waals surface area contributed by atoms with Gasteiger partial charge in [0.05, 0.1) is 7.11 Å². The number of hydrogen-bond acceptors (Lipinski definition) is 5. The van der Waals surface area contributed by atoms with Gasteiger partial charge in [0.2, 0.25) is 0 Å². The van der Waals surface area contributed by atoms with Gasteiger partial charge in [-0.25, -0.2) is 9.59 Å². The van der Waals surface area contributed by atoms with E-state index in [1.165, 1.54) is 51.4 Å². The molecule has 4 saturated carbocycles. The Morgan fingerprint density at radius 1 is 0.560 bits per heavy atom. The summed E-state index contributed by atoms with van der Waals surface area (Å²) >= 11 is 0. The summed E-state index contributed by atoms with van der Waals surface area (Å²) in [4.78, 5) is 33.3. The third-order valence-electron chi connectivity index (χ3n) is 12.3. The highest BCUT2D eigenvalue weighted by molar-refractivity contribution is 6.00. The van der Waals surface area contributed by atoms with Crippen LogP contribution in [0.15, 0.2) is 24.3 Å². The van der Waals surface area contributed by atoms with Crippen molar-refractivity contribution in [3.8, 4) is 17.2 Å². The normalized spacial score (nSPS) is 20.0. The summed E-state index contributed by atoms with van der Waals surface area (Å²) in [6, 6.07) is 8.88. The van der Waals surface area contributed by atoms with Crippen molar-refractivity contribution in [3.63, 3.8) is 0 Å². The third-order valence-corrected chi connectivity index (χ3v) is 12.3. The average molecular weight is 689 g/mol. The minimum atomic E-state index is -0.255. The van der Waals surface area contributed by atoms with Gasteiger partial charge in [0, 0.05) is 40.5 Å². The largest absolute Gasteiger partial charge is 0.492 e. The first-order valence-electron chi connectivity index (χ1n) is 20.7. The van der Waals surface area contributed by atoms with Gasteiger partial charge in [0.15, 0.2) is 11.5 Å². The molecule has 0 aliphatic heterocycles. The molecular weight excluding hydrogens is 624 g/mol. The van der Waals surface area contributed by atoms with E-state index in [4.69, 9.17) is 14.2 Å². The number of nitrogens with zero attached hydrogens (tertiary/aromatic N) is 2. The maximum absolute atomic E-state index is 14.6. The molecule has 0 unspecified atom stereocenters. The second-order valence-corrected chi connectivity index (χ2v) is 15.7. The van der Waals surface area contributed by atoms with Gasteiger partial charge in [-0.3, -0.25) is 0 Å². The number of hydrogen-bond donors (Lipinski definition) is 0. The van der Waals surface area contributed by atoms with E-state index in [0.29, 0.717) is 23.7 Å². The van der Waals surface area contributed by atoms with Crippen molar-refractivity contribution >= 4 is 23.0 Å². The van der Waals surface area contributed by atoms with Crippen molar-refractivity contribution < 1.29 is 23.8 Å². The molecule has 4 fully saturated rings. The number of methoxy groups -OCH3 is 1. The highest BCUT2D eigenvalue weighted by Crippen LogP contribution is 2.48. The van der Waals surface area contributed by atoms with E-state index >= 15 is 0 Å². The van der Waals surface area contributed by atoms with Crippen LogP contribution in [0.2, 0.25) is 0 Å². The molecule has 4 aliphatic carbocycles. The number of benzene rings is 2. The smallest absolute Gasteiger partial charge is 0.415 e. The van der Waals surface area contributed by atoms with Crippen LogP contribution < -0.4 is 14.2 Å². The first-order chi connectivity index (χ1) is 24.6. The number of carbonyl (C=O) groups is 2. The van der Waals surface area contributed by atoms with Crippen molar-refractivity contribution in [1.29, 1.82) is 0 Å².